The number of hydrogen-bond donors (Lipinski definition) is 0. The van der Waals surface area contributed by atoms with Crippen LogP contribution < -0.4 is 4.74 Å². The molecule has 98 valence electrons. The van der Waals surface area contributed by atoms with Crippen LogP contribution in [0.15, 0.2) is 22.7 Å². The molecule has 5 heteroatoms. The lowest BCUT2D eigenvalue weighted by molar-refractivity contribution is -0.274. The van der Waals surface area contributed by atoms with Gasteiger partial charge in [-0.05, 0) is 24.6 Å². The third kappa shape index (κ3) is 5.46. The number of alkyl halides is 3. The van der Waals surface area contributed by atoms with Crippen molar-refractivity contribution < 1.29 is 17.9 Å². The number of benzene rings is 1. The Morgan fingerprint density at radius 1 is 1.33 bits per heavy atom. The Labute approximate surface area is 112 Å². The standard InChI is InChI=1S/C13H12BrF3O/c1-2-3-4-5-6-10-9-11(14)7-8-12(10)18-13(15,16)17/h7-9H,2-4H2,1H3. The van der Waals surface area contributed by atoms with E-state index in [0.717, 1.165) is 12.8 Å². The molecule has 0 atom stereocenters. The predicted octanol–water partition coefficient (Wildman–Crippen LogP) is 4.89. The van der Waals surface area contributed by atoms with E-state index in [2.05, 4.69) is 32.5 Å². The highest BCUT2D eigenvalue weighted by Crippen LogP contribution is 2.28. The molecule has 0 aliphatic rings. The molecule has 1 rings (SSSR count). The molecule has 0 heterocycles. The first-order valence-electron chi connectivity index (χ1n) is 5.46. The van der Waals surface area contributed by atoms with E-state index < -0.39 is 6.36 Å². The van der Waals surface area contributed by atoms with Crippen molar-refractivity contribution in [1.29, 1.82) is 0 Å². The molecular formula is C13H12BrF3O. The molecule has 0 aliphatic heterocycles. The van der Waals surface area contributed by atoms with Gasteiger partial charge in [0.15, 0.2) is 0 Å². The maximum absolute atomic E-state index is 12.2. The first-order chi connectivity index (χ1) is 8.42. The topological polar surface area (TPSA) is 9.23 Å². The van der Waals surface area contributed by atoms with Crippen LogP contribution in [-0.2, 0) is 0 Å². The monoisotopic (exact) mass is 320 g/mol. The number of rotatable bonds is 3. The normalized spacial score (nSPS) is 10.7. The van der Waals surface area contributed by atoms with Crippen LogP contribution in [0.1, 0.15) is 31.7 Å². The van der Waals surface area contributed by atoms with Crippen molar-refractivity contribution in [1.82, 2.24) is 0 Å². The van der Waals surface area contributed by atoms with E-state index in [4.69, 9.17) is 0 Å². The SMILES string of the molecule is CCCCC#Cc1cc(Br)ccc1OC(F)(F)F. The summed E-state index contributed by atoms with van der Waals surface area (Å²) < 4.78 is 41.1. The molecule has 0 fully saturated rings. The molecule has 0 aromatic heterocycles. The van der Waals surface area contributed by atoms with Gasteiger partial charge in [-0.2, -0.15) is 0 Å². The Hall–Kier alpha value is -1.15. The zero-order valence-electron chi connectivity index (χ0n) is 9.77. The third-order valence-corrected chi connectivity index (χ3v) is 2.54. The number of hydrogen-bond acceptors (Lipinski definition) is 1. The average molecular weight is 321 g/mol. The summed E-state index contributed by atoms with van der Waals surface area (Å²) in [5.74, 6) is 5.28. The van der Waals surface area contributed by atoms with Gasteiger partial charge in [-0.25, -0.2) is 0 Å². The molecule has 0 saturated heterocycles. The summed E-state index contributed by atoms with van der Waals surface area (Å²) in [5, 5.41) is 0. The van der Waals surface area contributed by atoms with E-state index in [1.165, 1.54) is 18.2 Å². The van der Waals surface area contributed by atoms with Gasteiger partial charge < -0.3 is 4.74 Å². The molecule has 0 spiro atoms. The first-order valence-corrected chi connectivity index (χ1v) is 6.26. The van der Waals surface area contributed by atoms with E-state index in [1.807, 2.05) is 6.92 Å². The number of unbranched alkanes of at least 4 members (excludes halogenated alkanes) is 2. The maximum Gasteiger partial charge on any atom is 0.573 e. The van der Waals surface area contributed by atoms with Crippen molar-refractivity contribution in [3.8, 4) is 17.6 Å². The van der Waals surface area contributed by atoms with Crippen LogP contribution in [0.5, 0.6) is 5.75 Å². The van der Waals surface area contributed by atoms with Crippen LogP contribution in [0.3, 0.4) is 0 Å². The van der Waals surface area contributed by atoms with Crippen LogP contribution in [0.4, 0.5) is 13.2 Å². The fourth-order valence-corrected chi connectivity index (χ4v) is 1.60. The second-order valence-corrected chi connectivity index (χ2v) is 4.51. The van der Waals surface area contributed by atoms with Crippen molar-refractivity contribution in [3.63, 3.8) is 0 Å². The fraction of sp³-hybridized carbons (Fsp3) is 0.385. The van der Waals surface area contributed by atoms with Crippen LogP contribution in [-0.4, -0.2) is 6.36 Å². The lowest BCUT2D eigenvalue weighted by Gasteiger charge is -2.10. The molecule has 18 heavy (non-hydrogen) atoms. The van der Waals surface area contributed by atoms with Gasteiger partial charge in [0, 0.05) is 10.9 Å². The number of ether oxygens (including phenoxy) is 1. The second-order valence-electron chi connectivity index (χ2n) is 3.59. The summed E-state index contributed by atoms with van der Waals surface area (Å²) in [7, 11) is 0. The lowest BCUT2D eigenvalue weighted by Crippen LogP contribution is -2.17. The highest BCUT2D eigenvalue weighted by atomic mass is 79.9. The molecular weight excluding hydrogens is 309 g/mol. The van der Waals surface area contributed by atoms with Gasteiger partial charge in [-0.15, -0.1) is 13.2 Å². The molecule has 1 nitrogen and oxygen atoms in total. The van der Waals surface area contributed by atoms with E-state index in [9.17, 15) is 13.2 Å². The summed E-state index contributed by atoms with van der Waals surface area (Å²) in [6.45, 7) is 2.03. The van der Waals surface area contributed by atoms with E-state index >= 15 is 0 Å². The van der Waals surface area contributed by atoms with Gasteiger partial charge in [0.1, 0.15) is 5.75 Å². The maximum atomic E-state index is 12.2. The van der Waals surface area contributed by atoms with Crippen molar-refractivity contribution in [2.24, 2.45) is 0 Å². The van der Waals surface area contributed by atoms with Crippen molar-refractivity contribution in [3.05, 3.63) is 28.2 Å². The number of halogens is 4. The van der Waals surface area contributed by atoms with Crippen LogP contribution in [0, 0.1) is 11.8 Å². The van der Waals surface area contributed by atoms with Gasteiger partial charge >= 0.3 is 6.36 Å². The van der Waals surface area contributed by atoms with Crippen molar-refractivity contribution in [2.45, 2.75) is 32.5 Å². The minimum absolute atomic E-state index is 0.234. The summed E-state index contributed by atoms with van der Waals surface area (Å²) >= 11 is 3.19. The van der Waals surface area contributed by atoms with Gasteiger partial charge in [0.05, 0.1) is 5.56 Å². The smallest absolute Gasteiger partial charge is 0.404 e. The molecule has 0 bridgehead atoms. The van der Waals surface area contributed by atoms with E-state index in [1.54, 1.807) is 0 Å². The lowest BCUT2D eigenvalue weighted by atomic mass is 10.2. The third-order valence-electron chi connectivity index (χ3n) is 2.05. The molecule has 0 amide bonds. The van der Waals surface area contributed by atoms with E-state index in [0.29, 0.717) is 10.9 Å². The van der Waals surface area contributed by atoms with Crippen LogP contribution >= 0.6 is 15.9 Å². The molecule has 0 aliphatic carbocycles. The largest absolute Gasteiger partial charge is 0.573 e. The van der Waals surface area contributed by atoms with Gasteiger partial charge in [0.2, 0.25) is 0 Å². The molecule has 0 unspecified atom stereocenters. The quantitative estimate of drug-likeness (QED) is 0.569. The van der Waals surface area contributed by atoms with Gasteiger partial charge in [-0.3, -0.25) is 0 Å². The Kier molecular flexibility index (Phi) is 5.54. The summed E-state index contributed by atoms with van der Waals surface area (Å²) in [6, 6.07) is 4.25. The zero-order valence-corrected chi connectivity index (χ0v) is 11.4. The summed E-state index contributed by atoms with van der Waals surface area (Å²) in [5.41, 5.74) is 0.234. The molecule has 0 radical (unpaired) electrons. The van der Waals surface area contributed by atoms with Crippen LogP contribution in [0.25, 0.3) is 0 Å². The van der Waals surface area contributed by atoms with Crippen molar-refractivity contribution in [2.75, 3.05) is 0 Å². The molecule has 0 N–H and O–H groups in total. The Balaban J connectivity index is 2.92. The van der Waals surface area contributed by atoms with Crippen LogP contribution in [0.2, 0.25) is 0 Å². The second kappa shape index (κ2) is 6.69. The van der Waals surface area contributed by atoms with Crippen molar-refractivity contribution >= 4 is 15.9 Å². The minimum Gasteiger partial charge on any atom is -0.404 e. The summed E-state index contributed by atoms with van der Waals surface area (Å²) in [6.07, 6.45) is -2.11. The average Bonchev–Trinajstić information content (AvgIpc) is 2.26. The molecule has 1 aromatic carbocycles. The molecule has 1 aromatic rings. The molecule has 0 saturated carbocycles. The Morgan fingerprint density at radius 3 is 2.67 bits per heavy atom. The van der Waals surface area contributed by atoms with Gasteiger partial charge in [-0.1, -0.05) is 41.1 Å². The highest BCUT2D eigenvalue weighted by Gasteiger charge is 2.31. The highest BCUT2D eigenvalue weighted by molar-refractivity contribution is 9.10. The van der Waals surface area contributed by atoms with E-state index in [-0.39, 0.29) is 11.3 Å². The Morgan fingerprint density at radius 2 is 2.06 bits per heavy atom. The fourth-order valence-electron chi connectivity index (χ4n) is 1.24. The minimum atomic E-state index is -4.70. The zero-order chi connectivity index (χ0) is 13.6. The first kappa shape index (κ1) is 14.9. The van der Waals surface area contributed by atoms with Gasteiger partial charge in [0.25, 0.3) is 0 Å². The predicted molar refractivity (Wildman–Crippen MR) is 67.2 cm³/mol. The Bertz CT molecular complexity index is 458. The summed E-state index contributed by atoms with van der Waals surface area (Å²) in [4.78, 5) is 0.